The average molecular weight is 389 g/mol. The predicted octanol–water partition coefficient (Wildman–Crippen LogP) is 2.34. The summed E-state index contributed by atoms with van der Waals surface area (Å²) in [7, 11) is 0. The van der Waals surface area contributed by atoms with Gasteiger partial charge in [0.1, 0.15) is 17.6 Å². The standard InChI is InChI=1S/C21H19N5O3/c27-19(13-26-21(28)15-5-1-2-6-16(15)23-24-26)25-11-9-14(10-12-25)20-22-17-7-3-4-8-18(17)29-20/h1-8,14H,9-13H2. The molecule has 5 rings (SSSR count). The second kappa shape index (κ2) is 7.12. The van der Waals surface area contributed by atoms with Gasteiger partial charge in [0.25, 0.3) is 5.56 Å². The molecule has 3 heterocycles. The Morgan fingerprint density at radius 3 is 2.55 bits per heavy atom. The zero-order valence-corrected chi connectivity index (χ0v) is 15.7. The van der Waals surface area contributed by atoms with Gasteiger partial charge in [0.15, 0.2) is 11.5 Å². The molecule has 0 unspecified atom stereocenters. The van der Waals surface area contributed by atoms with Gasteiger partial charge in [-0.2, -0.15) is 0 Å². The number of piperidine rings is 1. The van der Waals surface area contributed by atoms with E-state index in [0.717, 1.165) is 34.5 Å². The van der Waals surface area contributed by atoms with Gasteiger partial charge in [-0.15, -0.1) is 5.10 Å². The lowest BCUT2D eigenvalue weighted by Crippen LogP contribution is -2.41. The highest BCUT2D eigenvalue weighted by Gasteiger charge is 2.27. The van der Waals surface area contributed by atoms with Crippen LogP contribution in [-0.2, 0) is 11.3 Å². The quantitative estimate of drug-likeness (QED) is 0.534. The first-order valence-corrected chi connectivity index (χ1v) is 9.65. The topological polar surface area (TPSA) is 94.1 Å². The summed E-state index contributed by atoms with van der Waals surface area (Å²) in [5, 5.41) is 8.41. The van der Waals surface area contributed by atoms with Crippen molar-refractivity contribution in [2.45, 2.75) is 25.3 Å². The number of likely N-dealkylation sites (tertiary alicyclic amines) is 1. The summed E-state index contributed by atoms with van der Waals surface area (Å²) in [5.41, 5.74) is 1.87. The molecule has 1 aliphatic rings. The number of hydrogen-bond acceptors (Lipinski definition) is 6. The summed E-state index contributed by atoms with van der Waals surface area (Å²) in [6.45, 7) is 1.08. The van der Waals surface area contributed by atoms with E-state index < -0.39 is 0 Å². The molecule has 4 aromatic rings. The van der Waals surface area contributed by atoms with E-state index in [1.807, 2.05) is 24.3 Å². The van der Waals surface area contributed by atoms with Crippen LogP contribution in [-0.4, -0.2) is 43.9 Å². The van der Waals surface area contributed by atoms with Crippen LogP contribution in [0.3, 0.4) is 0 Å². The van der Waals surface area contributed by atoms with Crippen molar-refractivity contribution in [3.63, 3.8) is 0 Å². The second-order valence-electron chi connectivity index (χ2n) is 7.24. The lowest BCUT2D eigenvalue weighted by molar-refractivity contribution is -0.133. The number of carbonyl (C=O) groups excluding carboxylic acids is 1. The van der Waals surface area contributed by atoms with Gasteiger partial charge < -0.3 is 9.32 Å². The van der Waals surface area contributed by atoms with E-state index in [2.05, 4.69) is 15.3 Å². The van der Waals surface area contributed by atoms with Crippen molar-refractivity contribution in [1.82, 2.24) is 24.9 Å². The maximum atomic E-state index is 12.7. The SMILES string of the molecule is O=C(Cn1nnc2ccccc2c1=O)N1CCC(c2nc3ccccc3o2)CC1. The highest BCUT2D eigenvalue weighted by atomic mass is 16.3. The Hall–Kier alpha value is -3.55. The van der Waals surface area contributed by atoms with E-state index in [1.165, 1.54) is 0 Å². The minimum atomic E-state index is -0.301. The van der Waals surface area contributed by atoms with Gasteiger partial charge in [0.05, 0.1) is 5.39 Å². The van der Waals surface area contributed by atoms with Crippen molar-refractivity contribution in [3.8, 4) is 0 Å². The molecule has 0 radical (unpaired) electrons. The van der Waals surface area contributed by atoms with Crippen molar-refractivity contribution in [2.24, 2.45) is 0 Å². The minimum absolute atomic E-state index is 0.107. The zero-order valence-electron chi connectivity index (χ0n) is 15.7. The van der Waals surface area contributed by atoms with Crippen LogP contribution >= 0.6 is 0 Å². The Balaban J connectivity index is 1.27. The van der Waals surface area contributed by atoms with Gasteiger partial charge in [0.2, 0.25) is 5.91 Å². The van der Waals surface area contributed by atoms with Crippen LogP contribution in [0.15, 0.2) is 57.7 Å². The molecule has 2 aromatic carbocycles. The number of rotatable bonds is 3. The van der Waals surface area contributed by atoms with Crippen molar-refractivity contribution >= 4 is 27.9 Å². The first-order valence-electron chi connectivity index (χ1n) is 9.65. The molecule has 29 heavy (non-hydrogen) atoms. The Morgan fingerprint density at radius 2 is 1.76 bits per heavy atom. The van der Waals surface area contributed by atoms with Crippen molar-refractivity contribution in [2.75, 3.05) is 13.1 Å². The van der Waals surface area contributed by atoms with Gasteiger partial charge in [-0.3, -0.25) is 9.59 Å². The molecule has 0 N–H and O–H groups in total. The number of fused-ring (bicyclic) bond motifs is 2. The van der Waals surface area contributed by atoms with Crippen LogP contribution in [0.4, 0.5) is 0 Å². The first kappa shape index (κ1) is 17.5. The molecule has 8 nitrogen and oxygen atoms in total. The summed E-state index contributed by atoms with van der Waals surface area (Å²) < 4.78 is 7.01. The fraction of sp³-hybridized carbons (Fsp3) is 0.286. The number of benzene rings is 2. The van der Waals surface area contributed by atoms with Crippen molar-refractivity contribution in [1.29, 1.82) is 0 Å². The maximum Gasteiger partial charge on any atom is 0.278 e. The molecule has 0 aliphatic carbocycles. The normalized spacial score (nSPS) is 15.2. The Kier molecular flexibility index (Phi) is 4.31. The molecule has 1 amide bonds. The summed E-state index contributed by atoms with van der Waals surface area (Å²) >= 11 is 0. The van der Waals surface area contributed by atoms with Crippen LogP contribution in [0.5, 0.6) is 0 Å². The number of carbonyl (C=O) groups is 1. The highest BCUT2D eigenvalue weighted by Crippen LogP contribution is 2.29. The van der Waals surface area contributed by atoms with Gasteiger partial charge >= 0.3 is 0 Å². The van der Waals surface area contributed by atoms with Gasteiger partial charge in [-0.25, -0.2) is 9.67 Å². The number of aromatic nitrogens is 4. The minimum Gasteiger partial charge on any atom is -0.440 e. The Bertz CT molecular complexity index is 1220. The van der Waals surface area contributed by atoms with E-state index in [1.54, 1.807) is 29.2 Å². The van der Waals surface area contributed by atoms with Crippen LogP contribution in [0.25, 0.3) is 22.0 Å². The van der Waals surface area contributed by atoms with E-state index in [9.17, 15) is 9.59 Å². The number of nitrogens with zero attached hydrogens (tertiary/aromatic N) is 5. The number of para-hydroxylation sites is 2. The van der Waals surface area contributed by atoms with Crippen LogP contribution in [0.1, 0.15) is 24.7 Å². The van der Waals surface area contributed by atoms with E-state index in [-0.39, 0.29) is 23.9 Å². The van der Waals surface area contributed by atoms with Crippen LogP contribution < -0.4 is 5.56 Å². The molecule has 1 aliphatic heterocycles. The van der Waals surface area contributed by atoms with E-state index in [4.69, 9.17) is 4.42 Å². The fourth-order valence-electron chi connectivity index (χ4n) is 3.80. The lowest BCUT2D eigenvalue weighted by atomic mass is 9.97. The van der Waals surface area contributed by atoms with Crippen LogP contribution in [0.2, 0.25) is 0 Å². The third kappa shape index (κ3) is 3.26. The summed E-state index contributed by atoms with van der Waals surface area (Å²) in [4.78, 5) is 31.6. The number of oxazole rings is 1. The summed E-state index contributed by atoms with van der Waals surface area (Å²) in [5.74, 6) is 0.789. The second-order valence-corrected chi connectivity index (χ2v) is 7.24. The molecule has 0 saturated carbocycles. The predicted molar refractivity (Wildman–Crippen MR) is 106 cm³/mol. The molecule has 146 valence electrons. The first-order chi connectivity index (χ1) is 14.2. The third-order valence-electron chi connectivity index (χ3n) is 5.42. The average Bonchev–Trinajstić information content (AvgIpc) is 3.20. The van der Waals surface area contributed by atoms with Gasteiger partial charge in [-0.05, 0) is 37.1 Å². The molecule has 0 atom stereocenters. The summed E-state index contributed by atoms with van der Waals surface area (Å²) in [6.07, 6.45) is 1.55. The molecule has 2 aromatic heterocycles. The molecule has 8 heteroatoms. The molecular formula is C21H19N5O3. The zero-order chi connectivity index (χ0) is 19.8. The molecular weight excluding hydrogens is 370 g/mol. The lowest BCUT2D eigenvalue weighted by Gasteiger charge is -2.30. The van der Waals surface area contributed by atoms with Crippen LogP contribution in [0, 0.1) is 0 Å². The largest absolute Gasteiger partial charge is 0.440 e. The Morgan fingerprint density at radius 1 is 1.03 bits per heavy atom. The molecule has 0 bridgehead atoms. The van der Waals surface area contributed by atoms with E-state index in [0.29, 0.717) is 24.0 Å². The van der Waals surface area contributed by atoms with Crippen molar-refractivity contribution < 1.29 is 9.21 Å². The van der Waals surface area contributed by atoms with E-state index >= 15 is 0 Å². The third-order valence-corrected chi connectivity index (χ3v) is 5.42. The molecule has 1 fully saturated rings. The fourth-order valence-corrected chi connectivity index (χ4v) is 3.80. The highest BCUT2D eigenvalue weighted by molar-refractivity contribution is 5.78. The maximum absolute atomic E-state index is 12.7. The smallest absolute Gasteiger partial charge is 0.278 e. The molecule has 1 saturated heterocycles. The van der Waals surface area contributed by atoms with Gasteiger partial charge in [0, 0.05) is 19.0 Å². The molecule has 0 spiro atoms. The monoisotopic (exact) mass is 389 g/mol. The number of hydrogen-bond donors (Lipinski definition) is 0. The van der Waals surface area contributed by atoms with Crippen molar-refractivity contribution in [3.05, 3.63) is 64.8 Å². The Labute approximate surface area is 165 Å². The van der Waals surface area contributed by atoms with Gasteiger partial charge in [-0.1, -0.05) is 29.5 Å². The summed E-state index contributed by atoms with van der Waals surface area (Å²) in [6, 6.07) is 14.7. The number of amides is 1.